The molecule has 1 atom stereocenters. The summed E-state index contributed by atoms with van der Waals surface area (Å²) in [5, 5.41) is 4.65. The van der Waals surface area contributed by atoms with Gasteiger partial charge < -0.3 is 15.8 Å². The number of benzene rings is 1. The first kappa shape index (κ1) is 14.2. The van der Waals surface area contributed by atoms with Gasteiger partial charge in [0.25, 0.3) is 0 Å². The van der Waals surface area contributed by atoms with Crippen LogP contribution in [0, 0.1) is 0 Å². The quantitative estimate of drug-likeness (QED) is 0.854. The lowest BCUT2D eigenvalue weighted by Gasteiger charge is -2.36. The number of ether oxygens (including phenoxy) is 1. The Labute approximate surface area is 129 Å². The summed E-state index contributed by atoms with van der Waals surface area (Å²) in [7, 11) is 0. The van der Waals surface area contributed by atoms with E-state index in [1.807, 2.05) is 24.3 Å². The van der Waals surface area contributed by atoms with Crippen molar-refractivity contribution in [2.24, 2.45) is 5.73 Å². The molecule has 0 saturated carbocycles. The van der Waals surface area contributed by atoms with Crippen molar-refractivity contribution in [2.75, 3.05) is 18.5 Å². The van der Waals surface area contributed by atoms with E-state index in [4.69, 9.17) is 22.7 Å². The molecule has 5 heteroatoms. The Morgan fingerprint density at radius 2 is 2.24 bits per heavy atom. The van der Waals surface area contributed by atoms with E-state index in [-0.39, 0.29) is 5.54 Å². The maximum absolute atomic E-state index is 5.87. The Balaban J connectivity index is 2.10. The molecule has 3 N–H and O–H groups in total. The van der Waals surface area contributed by atoms with Crippen molar-refractivity contribution in [3.8, 4) is 0 Å². The lowest BCUT2D eigenvalue weighted by atomic mass is 9.93. The van der Waals surface area contributed by atoms with Crippen molar-refractivity contribution >= 4 is 33.8 Å². The van der Waals surface area contributed by atoms with E-state index in [0.29, 0.717) is 11.6 Å². The molecular weight excluding hydrogens is 282 g/mol. The number of pyridine rings is 1. The average Bonchev–Trinajstić information content (AvgIpc) is 2.47. The second-order valence-electron chi connectivity index (χ2n) is 5.77. The summed E-state index contributed by atoms with van der Waals surface area (Å²) in [6.45, 7) is 3.68. The molecule has 2 heterocycles. The van der Waals surface area contributed by atoms with Gasteiger partial charge in [-0.1, -0.05) is 30.4 Å². The molecule has 110 valence electrons. The van der Waals surface area contributed by atoms with Crippen LogP contribution in [0.15, 0.2) is 30.5 Å². The van der Waals surface area contributed by atoms with Crippen LogP contribution in [-0.4, -0.2) is 28.7 Å². The van der Waals surface area contributed by atoms with Gasteiger partial charge in [-0.25, -0.2) is 0 Å². The van der Waals surface area contributed by atoms with Gasteiger partial charge in [-0.3, -0.25) is 4.98 Å². The molecule has 1 aromatic heterocycles. The van der Waals surface area contributed by atoms with E-state index >= 15 is 0 Å². The third-order valence-corrected chi connectivity index (χ3v) is 4.13. The number of fused-ring (bicyclic) bond motifs is 1. The third kappa shape index (κ3) is 2.84. The molecule has 3 rings (SSSR count). The highest BCUT2D eigenvalue weighted by atomic mass is 32.1. The molecular formula is C16H19N3OS. The van der Waals surface area contributed by atoms with E-state index in [1.54, 1.807) is 6.20 Å². The van der Waals surface area contributed by atoms with E-state index in [0.717, 1.165) is 41.6 Å². The van der Waals surface area contributed by atoms with Gasteiger partial charge in [0.05, 0.1) is 28.9 Å². The molecule has 1 fully saturated rings. The number of rotatable bonds is 3. The fraction of sp³-hybridized carbons (Fsp3) is 0.375. The van der Waals surface area contributed by atoms with Crippen LogP contribution in [0.3, 0.4) is 0 Å². The van der Waals surface area contributed by atoms with Gasteiger partial charge in [0.1, 0.15) is 4.99 Å². The molecule has 0 bridgehead atoms. The highest BCUT2D eigenvalue weighted by Crippen LogP contribution is 2.31. The van der Waals surface area contributed by atoms with Gasteiger partial charge in [-0.2, -0.15) is 0 Å². The van der Waals surface area contributed by atoms with E-state index in [9.17, 15) is 0 Å². The standard InChI is InChI=1S/C16H19N3OS/c1-16(7-4-8-20-10-16)19-14-11-5-2-3-6-13(11)18-9-12(14)15(17)21/h2-3,5-6,9H,4,7-8,10H2,1H3,(H2,17,21)(H,18,19). The van der Waals surface area contributed by atoms with Crippen molar-refractivity contribution in [3.63, 3.8) is 0 Å². The average molecular weight is 301 g/mol. The van der Waals surface area contributed by atoms with Gasteiger partial charge in [-0.05, 0) is 25.8 Å². The number of hydrogen-bond acceptors (Lipinski definition) is 4. The zero-order valence-corrected chi connectivity index (χ0v) is 12.9. The first-order chi connectivity index (χ1) is 10.1. The molecule has 1 saturated heterocycles. The summed E-state index contributed by atoms with van der Waals surface area (Å²) in [4.78, 5) is 4.80. The Morgan fingerprint density at radius 3 is 2.95 bits per heavy atom. The predicted molar refractivity (Wildman–Crippen MR) is 89.7 cm³/mol. The SMILES string of the molecule is CC1(Nc2c(C(N)=S)cnc3ccccc23)CCCOC1. The summed E-state index contributed by atoms with van der Waals surface area (Å²) in [6.07, 6.45) is 3.86. The van der Waals surface area contributed by atoms with E-state index in [1.165, 1.54) is 0 Å². The lowest BCUT2D eigenvalue weighted by molar-refractivity contribution is 0.0541. The molecule has 21 heavy (non-hydrogen) atoms. The maximum Gasteiger partial charge on any atom is 0.107 e. The Morgan fingerprint density at radius 1 is 1.43 bits per heavy atom. The molecule has 0 aliphatic carbocycles. The molecule has 2 aromatic rings. The van der Waals surface area contributed by atoms with Crippen molar-refractivity contribution in [1.29, 1.82) is 0 Å². The van der Waals surface area contributed by atoms with E-state index < -0.39 is 0 Å². The van der Waals surface area contributed by atoms with Crippen LogP contribution in [0.1, 0.15) is 25.3 Å². The van der Waals surface area contributed by atoms with Crippen LogP contribution in [0.2, 0.25) is 0 Å². The fourth-order valence-electron chi connectivity index (χ4n) is 2.80. The number of nitrogens with two attached hydrogens (primary N) is 1. The summed E-state index contributed by atoms with van der Waals surface area (Å²) in [6, 6.07) is 8.01. The predicted octanol–water partition coefficient (Wildman–Crippen LogP) is 2.85. The second-order valence-corrected chi connectivity index (χ2v) is 6.21. The smallest absolute Gasteiger partial charge is 0.107 e. The van der Waals surface area contributed by atoms with Crippen molar-refractivity contribution in [3.05, 3.63) is 36.0 Å². The molecule has 1 aliphatic heterocycles. The number of nitrogens with one attached hydrogen (secondary N) is 1. The van der Waals surface area contributed by atoms with Gasteiger partial charge in [0.15, 0.2) is 0 Å². The van der Waals surface area contributed by atoms with Crippen molar-refractivity contribution < 1.29 is 4.74 Å². The van der Waals surface area contributed by atoms with Crippen molar-refractivity contribution in [2.45, 2.75) is 25.3 Å². The Kier molecular flexibility index (Phi) is 3.78. The minimum atomic E-state index is -0.109. The zero-order valence-electron chi connectivity index (χ0n) is 12.1. The minimum Gasteiger partial charge on any atom is -0.389 e. The number of hydrogen-bond donors (Lipinski definition) is 2. The van der Waals surface area contributed by atoms with E-state index in [2.05, 4.69) is 17.2 Å². The number of anilines is 1. The largest absolute Gasteiger partial charge is 0.389 e. The molecule has 4 nitrogen and oxygen atoms in total. The number of thiocarbonyl (C=S) groups is 1. The minimum absolute atomic E-state index is 0.109. The summed E-state index contributed by atoms with van der Waals surface area (Å²) in [5.74, 6) is 0. The molecule has 0 spiro atoms. The van der Waals surface area contributed by atoms with Crippen LogP contribution in [0.4, 0.5) is 5.69 Å². The van der Waals surface area contributed by atoms with Gasteiger partial charge in [0, 0.05) is 18.2 Å². The number of aromatic nitrogens is 1. The second kappa shape index (κ2) is 5.58. The monoisotopic (exact) mass is 301 g/mol. The number of nitrogens with zero attached hydrogens (tertiary/aromatic N) is 1. The van der Waals surface area contributed by atoms with Gasteiger partial charge in [0.2, 0.25) is 0 Å². The van der Waals surface area contributed by atoms with Crippen LogP contribution in [-0.2, 0) is 4.74 Å². The maximum atomic E-state index is 5.87. The van der Waals surface area contributed by atoms with Crippen LogP contribution >= 0.6 is 12.2 Å². The summed E-state index contributed by atoms with van der Waals surface area (Å²) >= 11 is 5.18. The van der Waals surface area contributed by atoms with Gasteiger partial charge in [-0.15, -0.1) is 0 Å². The highest BCUT2D eigenvalue weighted by Gasteiger charge is 2.29. The van der Waals surface area contributed by atoms with Crippen LogP contribution < -0.4 is 11.1 Å². The number of para-hydroxylation sites is 1. The Hall–Kier alpha value is -1.72. The van der Waals surface area contributed by atoms with Crippen molar-refractivity contribution in [1.82, 2.24) is 4.98 Å². The molecule has 1 aromatic carbocycles. The lowest BCUT2D eigenvalue weighted by Crippen LogP contribution is -2.43. The van der Waals surface area contributed by atoms with Crippen LogP contribution in [0.25, 0.3) is 10.9 Å². The van der Waals surface area contributed by atoms with Crippen LogP contribution in [0.5, 0.6) is 0 Å². The molecule has 0 amide bonds. The molecule has 1 aliphatic rings. The summed E-state index contributed by atoms with van der Waals surface area (Å²) in [5.41, 5.74) is 8.44. The first-order valence-electron chi connectivity index (χ1n) is 7.13. The highest BCUT2D eigenvalue weighted by molar-refractivity contribution is 7.80. The zero-order chi connectivity index (χ0) is 14.9. The summed E-state index contributed by atoms with van der Waals surface area (Å²) < 4.78 is 5.63. The first-order valence-corrected chi connectivity index (χ1v) is 7.53. The molecule has 0 radical (unpaired) electrons. The third-order valence-electron chi connectivity index (χ3n) is 3.91. The fourth-order valence-corrected chi connectivity index (χ4v) is 2.95. The van der Waals surface area contributed by atoms with Gasteiger partial charge >= 0.3 is 0 Å². The topological polar surface area (TPSA) is 60.2 Å². The normalized spacial score (nSPS) is 22.1. The molecule has 1 unspecified atom stereocenters. The Bertz CT molecular complexity index is 680.